The van der Waals surface area contributed by atoms with Gasteiger partial charge in [-0.15, -0.1) is 0 Å². The maximum absolute atomic E-state index is 13.5. The lowest BCUT2D eigenvalue weighted by atomic mass is 10.1. The van der Waals surface area contributed by atoms with E-state index in [0.29, 0.717) is 0 Å². The molecule has 1 saturated carbocycles. The second-order valence-corrected chi connectivity index (χ2v) is 4.63. The molecule has 1 fully saturated rings. The van der Waals surface area contributed by atoms with Gasteiger partial charge in [0.15, 0.2) is 0 Å². The molecule has 0 spiro atoms. The normalized spacial score (nSPS) is 16.1. The summed E-state index contributed by atoms with van der Waals surface area (Å²) in [6.07, 6.45) is 1.50. The molecule has 1 amide bonds. The van der Waals surface area contributed by atoms with Gasteiger partial charge in [-0.05, 0) is 30.9 Å². The first-order valence-corrected chi connectivity index (χ1v) is 5.86. The van der Waals surface area contributed by atoms with Gasteiger partial charge in [-0.1, -0.05) is 17.7 Å². The minimum atomic E-state index is -1.11. The molecule has 0 radical (unpaired) electrons. The van der Waals surface area contributed by atoms with Gasteiger partial charge in [0.2, 0.25) is 0 Å². The quantitative estimate of drug-likeness (QED) is 0.881. The predicted octanol–water partition coefficient (Wildman–Crippen LogP) is 2.07. The Kier molecular flexibility index (Phi) is 3.52. The van der Waals surface area contributed by atoms with Crippen LogP contribution in [0, 0.1) is 11.7 Å². The number of rotatable bonds is 4. The monoisotopic (exact) mass is 271 g/mol. The predicted molar refractivity (Wildman–Crippen MR) is 63.0 cm³/mol. The number of amides is 1. The van der Waals surface area contributed by atoms with Crippen molar-refractivity contribution in [1.82, 2.24) is 5.32 Å². The van der Waals surface area contributed by atoms with Crippen LogP contribution in [-0.2, 0) is 4.79 Å². The SMILES string of the molecule is O=C(NC(C(=O)O)C1CC1)c1c(F)cccc1Cl. The molecule has 6 heteroatoms. The van der Waals surface area contributed by atoms with Crippen molar-refractivity contribution >= 4 is 23.5 Å². The average Bonchev–Trinajstić information content (AvgIpc) is 3.09. The topological polar surface area (TPSA) is 66.4 Å². The summed E-state index contributed by atoms with van der Waals surface area (Å²) in [5.74, 6) is -2.74. The molecule has 1 aliphatic carbocycles. The van der Waals surface area contributed by atoms with E-state index in [-0.39, 0.29) is 16.5 Å². The highest BCUT2D eigenvalue weighted by atomic mass is 35.5. The van der Waals surface area contributed by atoms with Gasteiger partial charge in [-0.2, -0.15) is 0 Å². The molecule has 1 aromatic rings. The molecule has 2 rings (SSSR count). The van der Waals surface area contributed by atoms with E-state index in [0.717, 1.165) is 18.9 Å². The molecule has 1 atom stereocenters. The Morgan fingerprint density at radius 1 is 1.44 bits per heavy atom. The van der Waals surface area contributed by atoms with E-state index in [9.17, 15) is 14.0 Å². The Balaban J connectivity index is 2.18. The number of nitrogens with one attached hydrogen (secondary N) is 1. The van der Waals surface area contributed by atoms with Crippen molar-refractivity contribution in [2.45, 2.75) is 18.9 Å². The summed E-state index contributed by atoms with van der Waals surface area (Å²) in [6.45, 7) is 0. The zero-order chi connectivity index (χ0) is 13.3. The van der Waals surface area contributed by atoms with E-state index in [1.807, 2.05) is 0 Å². The minimum absolute atomic E-state index is 0.0348. The zero-order valence-corrected chi connectivity index (χ0v) is 10.1. The Morgan fingerprint density at radius 2 is 2.11 bits per heavy atom. The van der Waals surface area contributed by atoms with E-state index >= 15 is 0 Å². The van der Waals surface area contributed by atoms with E-state index in [1.165, 1.54) is 12.1 Å². The average molecular weight is 272 g/mol. The van der Waals surface area contributed by atoms with Crippen molar-refractivity contribution in [1.29, 1.82) is 0 Å². The molecular weight excluding hydrogens is 261 g/mol. The molecule has 1 aromatic carbocycles. The Bertz CT molecular complexity index is 482. The summed E-state index contributed by atoms with van der Waals surface area (Å²) < 4.78 is 13.5. The van der Waals surface area contributed by atoms with Gasteiger partial charge in [-0.25, -0.2) is 9.18 Å². The first-order valence-electron chi connectivity index (χ1n) is 5.48. The summed E-state index contributed by atoms with van der Waals surface area (Å²) in [7, 11) is 0. The van der Waals surface area contributed by atoms with Crippen molar-refractivity contribution < 1.29 is 19.1 Å². The maximum Gasteiger partial charge on any atom is 0.326 e. The van der Waals surface area contributed by atoms with E-state index < -0.39 is 23.7 Å². The summed E-state index contributed by atoms with van der Waals surface area (Å²) in [6, 6.07) is 2.89. The van der Waals surface area contributed by atoms with Crippen LogP contribution in [-0.4, -0.2) is 23.0 Å². The molecule has 0 aromatic heterocycles. The molecule has 96 valence electrons. The van der Waals surface area contributed by atoms with Crippen LogP contribution in [0.4, 0.5) is 4.39 Å². The van der Waals surface area contributed by atoms with Gasteiger partial charge in [0, 0.05) is 0 Å². The molecule has 1 unspecified atom stereocenters. The molecular formula is C12H11ClFNO3. The number of hydrogen-bond donors (Lipinski definition) is 2. The summed E-state index contributed by atoms with van der Waals surface area (Å²) >= 11 is 5.73. The summed E-state index contributed by atoms with van der Waals surface area (Å²) in [4.78, 5) is 22.8. The van der Waals surface area contributed by atoms with Gasteiger partial charge in [-0.3, -0.25) is 4.79 Å². The van der Waals surface area contributed by atoms with Crippen molar-refractivity contribution in [2.24, 2.45) is 5.92 Å². The van der Waals surface area contributed by atoms with Crippen molar-refractivity contribution in [3.63, 3.8) is 0 Å². The van der Waals surface area contributed by atoms with Crippen LogP contribution < -0.4 is 5.32 Å². The fourth-order valence-electron chi connectivity index (χ4n) is 1.74. The number of halogens is 2. The third kappa shape index (κ3) is 2.61. The minimum Gasteiger partial charge on any atom is -0.480 e. The molecule has 0 aliphatic heterocycles. The highest BCUT2D eigenvalue weighted by molar-refractivity contribution is 6.33. The largest absolute Gasteiger partial charge is 0.480 e. The third-order valence-corrected chi connectivity index (χ3v) is 3.15. The highest BCUT2D eigenvalue weighted by Gasteiger charge is 2.37. The van der Waals surface area contributed by atoms with Crippen LogP contribution in [0.1, 0.15) is 23.2 Å². The Labute approximate surface area is 108 Å². The number of carbonyl (C=O) groups excluding carboxylic acids is 1. The van der Waals surface area contributed by atoms with Gasteiger partial charge >= 0.3 is 5.97 Å². The molecule has 0 heterocycles. The lowest BCUT2D eigenvalue weighted by Gasteiger charge is -2.14. The second-order valence-electron chi connectivity index (χ2n) is 4.22. The number of benzene rings is 1. The van der Waals surface area contributed by atoms with Crippen LogP contribution >= 0.6 is 11.6 Å². The van der Waals surface area contributed by atoms with Crippen LogP contribution in [0.15, 0.2) is 18.2 Å². The van der Waals surface area contributed by atoms with Crippen molar-refractivity contribution in [3.8, 4) is 0 Å². The summed E-state index contributed by atoms with van der Waals surface area (Å²) in [5, 5.41) is 11.3. The smallest absolute Gasteiger partial charge is 0.326 e. The van der Waals surface area contributed by atoms with E-state index in [2.05, 4.69) is 5.32 Å². The van der Waals surface area contributed by atoms with Gasteiger partial charge in [0.1, 0.15) is 11.9 Å². The standard InChI is InChI=1S/C12H11ClFNO3/c13-7-2-1-3-8(14)9(7)11(16)15-10(12(17)18)6-4-5-6/h1-3,6,10H,4-5H2,(H,15,16)(H,17,18). The number of carbonyl (C=O) groups is 2. The lowest BCUT2D eigenvalue weighted by molar-refractivity contribution is -0.139. The Hall–Kier alpha value is -1.62. The molecule has 18 heavy (non-hydrogen) atoms. The van der Waals surface area contributed by atoms with E-state index in [1.54, 1.807) is 0 Å². The van der Waals surface area contributed by atoms with Gasteiger partial charge in [0.25, 0.3) is 5.91 Å². The fourth-order valence-corrected chi connectivity index (χ4v) is 1.99. The van der Waals surface area contributed by atoms with Crippen molar-refractivity contribution in [2.75, 3.05) is 0 Å². The van der Waals surface area contributed by atoms with Crippen LogP contribution in [0.5, 0.6) is 0 Å². The van der Waals surface area contributed by atoms with Crippen LogP contribution in [0.2, 0.25) is 5.02 Å². The van der Waals surface area contributed by atoms with Crippen LogP contribution in [0.3, 0.4) is 0 Å². The first kappa shape index (κ1) is 12.8. The van der Waals surface area contributed by atoms with Gasteiger partial charge < -0.3 is 10.4 Å². The maximum atomic E-state index is 13.5. The molecule has 1 aliphatic rings. The molecule has 0 bridgehead atoms. The number of carboxylic acids is 1. The second kappa shape index (κ2) is 4.94. The van der Waals surface area contributed by atoms with Crippen LogP contribution in [0.25, 0.3) is 0 Å². The van der Waals surface area contributed by atoms with Gasteiger partial charge in [0.05, 0.1) is 10.6 Å². The lowest BCUT2D eigenvalue weighted by Crippen LogP contribution is -2.42. The number of aliphatic carboxylic acids is 1. The highest BCUT2D eigenvalue weighted by Crippen LogP contribution is 2.33. The molecule has 2 N–H and O–H groups in total. The summed E-state index contributed by atoms with van der Waals surface area (Å²) in [5.41, 5.74) is -0.314. The Morgan fingerprint density at radius 3 is 2.61 bits per heavy atom. The fraction of sp³-hybridized carbons (Fsp3) is 0.333. The van der Waals surface area contributed by atoms with E-state index in [4.69, 9.17) is 16.7 Å². The molecule has 4 nitrogen and oxygen atoms in total. The molecule has 0 saturated heterocycles. The number of carboxylic acid groups (broad SMARTS) is 1. The zero-order valence-electron chi connectivity index (χ0n) is 9.32. The first-order chi connectivity index (χ1) is 8.50. The van der Waals surface area contributed by atoms with Crippen molar-refractivity contribution in [3.05, 3.63) is 34.6 Å². The third-order valence-electron chi connectivity index (χ3n) is 2.84. The number of hydrogen-bond acceptors (Lipinski definition) is 2.